The molecule has 184 valence electrons. The number of hydrogen-bond donors (Lipinski definition) is 1. The normalized spacial score (nSPS) is 12.3. The van der Waals surface area contributed by atoms with Crippen LogP contribution in [0.4, 0.5) is 11.4 Å². The van der Waals surface area contributed by atoms with Gasteiger partial charge in [0, 0.05) is 17.7 Å². The molecule has 0 saturated carbocycles. The highest BCUT2D eigenvalue weighted by Crippen LogP contribution is 2.25. The Bertz CT molecular complexity index is 1320. The van der Waals surface area contributed by atoms with Crippen molar-refractivity contribution in [2.45, 2.75) is 19.9 Å². The predicted molar refractivity (Wildman–Crippen MR) is 131 cm³/mol. The van der Waals surface area contributed by atoms with E-state index in [0.717, 1.165) is 10.6 Å². The summed E-state index contributed by atoms with van der Waals surface area (Å²) in [5, 5.41) is 14.6. The van der Waals surface area contributed by atoms with Crippen LogP contribution >= 0.6 is 0 Å². The largest absolute Gasteiger partial charge is 0.494 e. The summed E-state index contributed by atoms with van der Waals surface area (Å²) in [7, 11) is -3.78. The van der Waals surface area contributed by atoms with Gasteiger partial charge in [0.15, 0.2) is 0 Å². The molecule has 3 aromatic rings. The second-order valence-electron chi connectivity index (χ2n) is 7.40. The molecule has 0 radical (unpaired) electrons. The Morgan fingerprint density at radius 1 is 1.17 bits per heavy atom. The molecule has 1 heterocycles. The third-order valence-electron chi connectivity index (χ3n) is 4.85. The number of benzene rings is 2. The zero-order chi connectivity index (χ0) is 25.6. The van der Waals surface area contributed by atoms with Crippen molar-refractivity contribution < 1.29 is 27.3 Å². The third kappa shape index (κ3) is 6.44. The van der Waals surface area contributed by atoms with Crippen LogP contribution in [0.2, 0.25) is 0 Å². The Morgan fingerprint density at radius 3 is 2.40 bits per heavy atom. The fourth-order valence-corrected chi connectivity index (χ4v) is 4.42. The SMILES string of the molecule is CCOc1ccc(N([C@@H](C)C(=O)N/N=C\c2ccc(-c3ccc([N+](=O)[O-])cc3)o2)S(C)(=O)=O)cc1. The summed E-state index contributed by atoms with van der Waals surface area (Å²) in [4.78, 5) is 22.9. The molecule has 2 aromatic carbocycles. The monoisotopic (exact) mass is 500 g/mol. The average molecular weight is 501 g/mol. The molecule has 0 fully saturated rings. The first kappa shape index (κ1) is 25.4. The van der Waals surface area contributed by atoms with Gasteiger partial charge in [-0.2, -0.15) is 5.10 Å². The van der Waals surface area contributed by atoms with E-state index < -0.39 is 26.9 Å². The van der Waals surface area contributed by atoms with Gasteiger partial charge in [-0.25, -0.2) is 13.8 Å². The Labute approximate surface area is 202 Å². The van der Waals surface area contributed by atoms with E-state index in [-0.39, 0.29) is 5.69 Å². The highest BCUT2D eigenvalue weighted by atomic mass is 32.2. The number of anilines is 1. The zero-order valence-corrected chi connectivity index (χ0v) is 20.1. The van der Waals surface area contributed by atoms with Crippen LogP contribution in [0.1, 0.15) is 19.6 Å². The van der Waals surface area contributed by atoms with Gasteiger partial charge in [0.2, 0.25) is 10.0 Å². The number of non-ortho nitro benzene ring substituents is 1. The molecule has 0 saturated heterocycles. The number of carbonyl (C=O) groups excluding carboxylic acids is 1. The lowest BCUT2D eigenvalue weighted by Crippen LogP contribution is -2.46. The Hall–Kier alpha value is -4.19. The molecule has 1 aromatic heterocycles. The minimum atomic E-state index is -3.78. The molecule has 1 amide bonds. The van der Waals surface area contributed by atoms with Gasteiger partial charge in [0.1, 0.15) is 23.3 Å². The molecule has 12 heteroatoms. The summed E-state index contributed by atoms with van der Waals surface area (Å²) in [5.74, 6) is 0.707. The van der Waals surface area contributed by atoms with Gasteiger partial charge in [0.25, 0.3) is 11.6 Å². The van der Waals surface area contributed by atoms with Crippen LogP contribution in [-0.4, -0.2) is 44.4 Å². The van der Waals surface area contributed by atoms with Crippen molar-refractivity contribution >= 4 is 33.5 Å². The first-order chi connectivity index (χ1) is 16.6. The van der Waals surface area contributed by atoms with E-state index in [9.17, 15) is 23.3 Å². The Kier molecular flexibility index (Phi) is 7.87. The standard InChI is InChI=1S/C23H24N4O7S/c1-4-33-20-11-9-18(10-12-20)26(35(3,31)32)16(2)23(28)25-24-15-21-13-14-22(34-21)17-5-7-19(8-6-17)27(29)30/h5-16H,4H2,1-3H3,(H,25,28)/b24-15-/t16-/m0/s1. The molecule has 0 bridgehead atoms. The number of carbonyl (C=O) groups is 1. The van der Waals surface area contributed by atoms with Gasteiger partial charge in [-0.3, -0.25) is 19.2 Å². The van der Waals surface area contributed by atoms with E-state index in [1.54, 1.807) is 48.5 Å². The smallest absolute Gasteiger partial charge is 0.269 e. The topological polar surface area (TPSA) is 144 Å². The minimum absolute atomic E-state index is 0.0349. The van der Waals surface area contributed by atoms with Crippen LogP contribution in [0.25, 0.3) is 11.3 Å². The lowest BCUT2D eigenvalue weighted by Gasteiger charge is -2.27. The van der Waals surface area contributed by atoms with Crippen LogP contribution in [-0.2, 0) is 14.8 Å². The maximum Gasteiger partial charge on any atom is 0.269 e. The van der Waals surface area contributed by atoms with Gasteiger partial charge in [-0.1, -0.05) is 0 Å². The van der Waals surface area contributed by atoms with Crippen LogP contribution in [0.5, 0.6) is 5.75 Å². The maximum atomic E-state index is 12.6. The molecule has 3 rings (SSSR count). The van der Waals surface area contributed by atoms with Crippen molar-refractivity contribution in [3.05, 3.63) is 76.5 Å². The predicted octanol–water partition coefficient (Wildman–Crippen LogP) is 3.56. The summed E-state index contributed by atoms with van der Waals surface area (Å²) in [6.45, 7) is 3.75. The summed E-state index contributed by atoms with van der Waals surface area (Å²) >= 11 is 0. The lowest BCUT2D eigenvalue weighted by atomic mass is 10.1. The molecule has 35 heavy (non-hydrogen) atoms. The van der Waals surface area contributed by atoms with Crippen LogP contribution in [0, 0.1) is 10.1 Å². The van der Waals surface area contributed by atoms with Crippen molar-refractivity contribution in [3.63, 3.8) is 0 Å². The summed E-state index contributed by atoms with van der Waals surface area (Å²) < 4.78 is 36.8. The van der Waals surface area contributed by atoms with Crippen molar-refractivity contribution in [1.82, 2.24) is 5.43 Å². The van der Waals surface area contributed by atoms with E-state index in [0.29, 0.717) is 35.1 Å². The van der Waals surface area contributed by atoms with E-state index in [1.807, 2.05) is 6.92 Å². The van der Waals surface area contributed by atoms with Crippen LogP contribution in [0.15, 0.2) is 70.2 Å². The third-order valence-corrected chi connectivity index (χ3v) is 6.09. The van der Waals surface area contributed by atoms with E-state index in [2.05, 4.69) is 10.5 Å². The average Bonchev–Trinajstić information content (AvgIpc) is 3.28. The Balaban J connectivity index is 1.68. The molecule has 1 atom stereocenters. The number of nitrogens with one attached hydrogen (secondary N) is 1. The van der Waals surface area contributed by atoms with Crippen molar-refractivity contribution in [3.8, 4) is 17.1 Å². The fraction of sp³-hybridized carbons (Fsp3) is 0.217. The number of hydrazone groups is 1. The second kappa shape index (κ2) is 10.8. The maximum absolute atomic E-state index is 12.6. The number of amides is 1. The molecular weight excluding hydrogens is 476 g/mol. The first-order valence-corrected chi connectivity index (χ1v) is 12.3. The Morgan fingerprint density at radius 2 is 1.83 bits per heavy atom. The summed E-state index contributed by atoms with van der Waals surface area (Å²) in [6, 6.07) is 14.4. The van der Waals surface area contributed by atoms with E-state index in [1.165, 1.54) is 25.3 Å². The van der Waals surface area contributed by atoms with Crippen molar-refractivity contribution in [1.29, 1.82) is 0 Å². The quantitative estimate of drug-likeness (QED) is 0.255. The number of ether oxygens (including phenoxy) is 1. The molecular formula is C23H24N4O7S. The van der Waals surface area contributed by atoms with Crippen molar-refractivity contribution in [2.24, 2.45) is 5.10 Å². The second-order valence-corrected chi connectivity index (χ2v) is 9.26. The fourth-order valence-electron chi connectivity index (χ4n) is 3.24. The summed E-state index contributed by atoms with van der Waals surface area (Å²) in [6.07, 6.45) is 2.28. The molecule has 1 N–H and O–H groups in total. The molecule has 11 nitrogen and oxygen atoms in total. The lowest BCUT2D eigenvalue weighted by molar-refractivity contribution is -0.384. The first-order valence-electron chi connectivity index (χ1n) is 10.5. The number of nitro benzene ring substituents is 1. The van der Waals surface area contributed by atoms with E-state index in [4.69, 9.17) is 9.15 Å². The number of nitro groups is 1. The van der Waals surface area contributed by atoms with Crippen LogP contribution in [0.3, 0.4) is 0 Å². The molecule has 0 spiro atoms. The number of hydrogen-bond acceptors (Lipinski definition) is 8. The zero-order valence-electron chi connectivity index (χ0n) is 19.2. The molecule has 0 aliphatic heterocycles. The van der Waals surface area contributed by atoms with E-state index >= 15 is 0 Å². The minimum Gasteiger partial charge on any atom is -0.494 e. The van der Waals surface area contributed by atoms with Gasteiger partial charge < -0.3 is 9.15 Å². The van der Waals surface area contributed by atoms with Gasteiger partial charge in [0.05, 0.1) is 29.7 Å². The number of sulfonamides is 1. The van der Waals surface area contributed by atoms with Crippen molar-refractivity contribution in [2.75, 3.05) is 17.2 Å². The number of rotatable bonds is 10. The number of nitrogens with zero attached hydrogens (tertiary/aromatic N) is 3. The molecule has 0 aliphatic carbocycles. The van der Waals surface area contributed by atoms with Gasteiger partial charge in [-0.05, 0) is 62.4 Å². The van der Waals surface area contributed by atoms with Gasteiger partial charge in [-0.15, -0.1) is 0 Å². The van der Waals surface area contributed by atoms with Crippen LogP contribution < -0.4 is 14.5 Å². The molecule has 0 unspecified atom stereocenters. The molecule has 0 aliphatic rings. The van der Waals surface area contributed by atoms with Gasteiger partial charge >= 0.3 is 0 Å². The summed E-state index contributed by atoms with van der Waals surface area (Å²) in [5.41, 5.74) is 3.22. The number of furan rings is 1. The highest BCUT2D eigenvalue weighted by Gasteiger charge is 2.29. The highest BCUT2D eigenvalue weighted by molar-refractivity contribution is 7.92.